The predicted molar refractivity (Wildman–Crippen MR) is 406 cm³/mol. The minimum atomic E-state index is -0.787. The molecule has 0 bridgehead atoms. The van der Waals surface area contributed by atoms with E-state index in [4.69, 9.17) is 59.5 Å². The number of ether oxygens (including phenoxy) is 7. The number of nitrogens with two attached hydrogens (primary N) is 3. The zero-order valence-corrected chi connectivity index (χ0v) is 63.2. The smallest absolute Gasteiger partial charge is 0.317 e. The third-order valence-corrected chi connectivity index (χ3v) is 18.5. The standard InChI is InChI=1S/C27H25F2N7O2.C26H24F2N6O2.C15H14BrFN4.C4H9NO2.C4H10O3.H3N/c1-35-15-31-12-18(35)13-37-20-8-16(28)9-21(10-20)38-19-6-7-22(23(29)11-19)25-24-26(30)32-14-33-27(24)36(34-25)17-4-2-3-5-17;1-30-25-24(32-34(26(25)29)17-5-3-4-6-17)22-8-7-19(12-23(22)28)36-21-10-16(27)9-20(11-21)35-14-18-13-31-15-33(18)2;1-19-14-13(11-7-6-9(16)8-12(11)17)20-21(15(14)18)10-4-2-3-5-10;1-5(2)3-4(6)7;1-5-4(6-2)7-3;/h6-12,14-15,17H,2-5,13H2,1H3,(H2,30,32,33);7-13,15,17H,3-6,14,29H2,2H3;6-8,10H,2-5,18H2;3H2,1-2H3,(H,6,7);4H,1-3H3;1H3. The van der Waals surface area contributed by atoms with Gasteiger partial charge in [-0.05, 0) is 95.1 Å². The minimum Gasteiger partial charge on any atom is -0.487 e. The Bertz CT molecular complexity index is 5030. The molecule has 5 aromatic carbocycles. The Morgan fingerprint density at radius 2 is 0.973 bits per heavy atom. The van der Waals surface area contributed by atoms with Crippen LogP contribution in [0.3, 0.4) is 0 Å². The largest absolute Gasteiger partial charge is 0.487 e. The second-order valence-corrected chi connectivity index (χ2v) is 26.8. The predicted octanol–water partition coefficient (Wildman–Crippen LogP) is 16.5. The van der Waals surface area contributed by atoms with Crippen molar-refractivity contribution in [1.82, 2.24) is 69.5 Å². The van der Waals surface area contributed by atoms with Crippen LogP contribution >= 0.6 is 15.9 Å². The number of aryl methyl sites for hydroxylation is 2. The summed E-state index contributed by atoms with van der Waals surface area (Å²) in [5.41, 5.74) is 22.7. The molecule has 0 atom stereocenters. The molecule has 34 heteroatoms. The molecule has 0 saturated heterocycles. The number of aromatic nitrogens is 12. The van der Waals surface area contributed by atoms with Gasteiger partial charge in [0.2, 0.25) is 0 Å². The number of imidazole rings is 2. The third-order valence-electron chi connectivity index (χ3n) is 18.0. The van der Waals surface area contributed by atoms with E-state index in [1.807, 2.05) is 18.8 Å². The summed E-state index contributed by atoms with van der Waals surface area (Å²) in [6.45, 7) is 14.9. The number of carboxylic acids is 1. The zero-order chi connectivity index (χ0) is 78.0. The molecule has 580 valence electrons. The number of carboxylic acid groups (broad SMARTS) is 1. The molecule has 110 heavy (non-hydrogen) atoms. The van der Waals surface area contributed by atoms with E-state index in [0.29, 0.717) is 38.3 Å². The number of carbonyl (C=O) groups is 1. The Morgan fingerprint density at radius 3 is 1.34 bits per heavy atom. The summed E-state index contributed by atoms with van der Waals surface area (Å²) in [4.78, 5) is 34.9. The van der Waals surface area contributed by atoms with Crippen LogP contribution in [0.5, 0.6) is 34.5 Å². The first kappa shape index (κ1) is 82.5. The number of anilines is 3. The fourth-order valence-corrected chi connectivity index (χ4v) is 13.0. The number of nitrogens with zero attached hydrogens (tertiary/aromatic N) is 15. The van der Waals surface area contributed by atoms with Gasteiger partial charge in [0.05, 0.1) is 79.6 Å². The van der Waals surface area contributed by atoms with Crippen molar-refractivity contribution in [2.75, 3.05) is 59.2 Å². The summed E-state index contributed by atoms with van der Waals surface area (Å²) in [5, 5.41) is 22.2. The molecule has 10 N–H and O–H groups in total. The summed E-state index contributed by atoms with van der Waals surface area (Å²) in [7, 11) is 11.6. The van der Waals surface area contributed by atoms with Crippen molar-refractivity contribution in [3.8, 4) is 68.3 Å². The molecule has 0 amide bonds. The number of likely N-dealkylation sites (N-methyl/N-ethyl adjacent to an activating group) is 1. The maximum atomic E-state index is 15.4. The van der Waals surface area contributed by atoms with Gasteiger partial charge >= 0.3 is 5.97 Å². The SMILES string of the molecule is CN(C)CC(=O)O.COC(OC)OC.Cn1cncc1COc1cc(F)cc(Oc2ccc(-c3nn(C4CCCC4)c4ncnc(N)c34)c(F)c2)c1.N.[C-]#[N+]c1c(-c2ccc(Br)cc2F)nn(C2CCCC2)c1N.[C-]#[N+]c1c(-c2ccc(Oc3cc(F)cc(OCc4cncn4C)c3)cc2F)nn(C2CCCC2)c1N. The van der Waals surface area contributed by atoms with Gasteiger partial charge in [0, 0.05) is 105 Å². The number of nitrogen functional groups attached to an aromatic ring is 3. The van der Waals surface area contributed by atoms with E-state index in [1.54, 1.807) is 92.9 Å². The first-order valence-electron chi connectivity index (χ1n) is 34.6. The molecule has 11 aromatic rings. The summed E-state index contributed by atoms with van der Waals surface area (Å²) >= 11 is 3.23. The summed E-state index contributed by atoms with van der Waals surface area (Å²) in [5.74, 6) is -1.43. The normalized spacial score (nSPS) is 13.4. The second-order valence-electron chi connectivity index (χ2n) is 25.9. The number of aliphatic carboxylic acids is 1. The van der Waals surface area contributed by atoms with Crippen LogP contribution in [0.15, 0.2) is 127 Å². The molecular formula is C76H85BrF5N19O9. The quantitative estimate of drug-likeness (QED) is 0.0253. The summed E-state index contributed by atoms with van der Waals surface area (Å²) in [6.07, 6.45) is 20.5. The highest BCUT2D eigenvalue weighted by Gasteiger charge is 2.30. The molecular weight excluding hydrogens is 1500 g/mol. The van der Waals surface area contributed by atoms with Crippen LogP contribution in [-0.4, -0.2) is 123 Å². The van der Waals surface area contributed by atoms with Crippen LogP contribution in [0.2, 0.25) is 0 Å². The highest BCUT2D eigenvalue weighted by atomic mass is 79.9. The molecule has 6 heterocycles. The first-order chi connectivity index (χ1) is 52.5. The number of benzene rings is 5. The third kappa shape index (κ3) is 20.6. The van der Waals surface area contributed by atoms with E-state index in [-0.39, 0.29) is 118 Å². The molecule has 14 rings (SSSR count). The fourth-order valence-electron chi connectivity index (χ4n) is 12.6. The van der Waals surface area contributed by atoms with E-state index in [9.17, 15) is 18.0 Å². The van der Waals surface area contributed by atoms with Gasteiger partial charge in [0.1, 0.15) is 118 Å². The number of fused-ring (bicyclic) bond motifs is 1. The van der Waals surface area contributed by atoms with Gasteiger partial charge in [-0.3, -0.25) is 19.1 Å². The lowest BCUT2D eigenvalue weighted by atomic mass is 10.1. The van der Waals surface area contributed by atoms with Crippen molar-refractivity contribution in [2.45, 2.75) is 115 Å². The van der Waals surface area contributed by atoms with Crippen molar-refractivity contribution in [3.05, 3.63) is 190 Å². The average Bonchev–Trinajstić information content (AvgIpc) is 1.61. The molecule has 6 aromatic heterocycles. The van der Waals surface area contributed by atoms with E-state index in [2.05, 4.69) is 70.0 Å². The van der Waals surface area contributed by atoms with Gasteiger partial charge < -0.3 is 70.8 Å². The number of halogens is 6. The lowest BCUT2D eigenvalue weighted by molar-refractivity contribution is -0.252. The molecule has 3 aliphatic rings. The van der Waals surface area contributed by atoms with Crippen molar-refractivity contribution in [3.63, 3.8) is 0 Å². The van der Waals surface area contributed by atoms with Gasteiger partial charge in [-0.1, -0.05) is 54.5 Å². The lowest BCUT2D eigenvalue weighted by Crippen LogP contribution is -2.20. The Hall–Kier alpha value is -11.5. The van der Waals surface area contributed by atoms with Crippen molar-refractivity contribution in [1.29, 1.82) is 0 Å². The Kier molecular flexibility index (Phi) is 28.9. The van der Waals surface area contributed by atoms with Crippen LogP contribution in [0.4, 0.5) is 50.8 Å². The molecule has 3 fully saturated rings. The molecule has 0 radical (unpaired) electrons. The van der Waals surface area contributed by atoms with Crippen LogP contribution in [0, 0.1) is 42.2 Å². The molecule has 3 saturated carbocycles. The van der Waals surface area contributed by atoms with Crippen molar-refractivity contribution < 1.29 is 65.0 Å². The van der Waals surface area contributed by atoms with Crippen molar-refractivity contribution in [2.24, 2.45) is 14.1 Å². The molecule has 0 spiro atoms. The number of hydrogen-bond donors (Lipinski definition) is 5. The van der Waals surface area contributed by atoms with Crippen LogP contribution in [0.25, 0.3) is 54.5 Å². The van der Waals surface area contributed by atoms with Crippen LogP contribution in [0.1, 0.15) is 107 Å². The Balaban J connectivity index is 0.000000178. The van der Waals surface area contributed by atoms with Crippen LogP contribution < -0.4 is 42.3 Å². The molecule has 0 unspecified atom stereocenters. The topological polar surface area (TPSA) is 342 Å². The molecule has 0 aliphatic heterocycles. The maximum absolute atomic E-state index is 15.4. The van der Waals surface area contributed by atoms with Crippen LogP contribution in [-0.2, 0) is 46.3 Å². The fraction of sp³-hybridized carbons (Fsp3) is 0.342. The number of hydrogen-bond acceptors (Lipinski definition) is 20. The Labute approximate surface area is 639 Å². The molecule has 28 nitrogen and oxygen atoms in total. The minimum absolute atomic E-state index is 0. The van der Waals surface area contributed by atoms with E-state index in [1.165, 1.54) is 88.3 Å². The summed E-state index contributed by atoms with van der Waals surface area (Å²) < 4.78 is 119. The molecule has 3 aliphatic carbocycles. The van der Waals surface area contributed by atoms with Crippen molar-refractivity contribution >= 4 is 61.8 Å². The Morgan fingerprint density at radius 1 is 0.573 bits per heavy atom. The van der Waals surface area contributed by atoms with E-state index >= 15 is 8.78 Å². The van der Waals surface area contributed by atoms with Gasteiger partial charge in [0.15, 0.2) is 5.65 Å². The zero-order valence-electron chi connectivity index (χ0n) is 61.6. The van der Waals surface area contributed by atoms with E-state index < -0.39 is 41.5 Å². The highest BCUT2D eigenvalue weighted by Crippen LogP contribution is 2.45. The maximum Gasteiger partial charge on any atom is 0.317 e. The van der Waals surface area contributed by atoms with Gasteiger partial charge in [-0.15, -0.1) is 0 Å². The number of methoxy groups -OCH3 is 3. The van der Waals surface area contributed by atoms with Gasteiger partial charge in [-0.25, -0.2) is 56.3 Å². The first-order valence-corrected chi connectivity index (χ1v) is 35.4. The highest BCUT2D eigenvalue weighted by molar-refractivity contribution is 9.10. The average molecular weight is 1580 g/mol. The van der Waals surface area contributed by atoms with Gasteiger partial charge in [-0.2, -0.15) is 15.3 Å². The number of rotatable bonds is 21. The monoisotopic (exact) mass is 1580 g/mol. The van der Waals surface area contributed by atoms with E-state index in [0.717, 1.165) is 88.4 Å². The van der Waals surface area contributed by atoms with Gasteiger partial charge in [0.25, 0.3) is 17.9 Å². The summed E-state index contributed by atoms with van der Waals surface area (Å²) in [6, 6.07) is 21.8. The second kappa shape index (κ2) is 38.5. The lowest BCUT2D eigenvalue weighted by Gasteiger charge is -2.12.